The second-order valence-corrected chi connectivity index (χ2v) is 7.76. The van der Waals surface area contributed by atoms with Crippen LogP contribution in [0.1, 0.15) is 6.92 Å². The summed E-state index contributed by atoms with van der Waals surface area (Å²) in [4.78, 5) is -0.304. The van der Waals surface area contributed by atoms with Crippen LogP contribution in [-0.2, 0) is 13.6 Å². The molecule has 0 aromatic rings. The molecular formula is C8H17O3PS4. The fourth-order valence-corrected chi connectivity index (χ4v) is 4.76. The van der Waals surface area contributed by atoms with Gasteiger partial charge in [0, 0.05) is 0 Å². The summed E-state index contributed by atoms with van der Waals surface area (Å²) in [6.45, 7) is 2.25. The molecule has 0 aliphatic rings. The van der Waals surface area contributed by atoms with Gasteiger partial charge in [0.1, 0.15) is 0 Å². The molecule has 0 rings (SSSR count). The summed E-state index contributed by atoms with van der Waals surface area (Å²) in [7, 11) is -3.06. The first-order valence-electron chi connectivity index (χ1n) is 4.59. The summed E-state index contributed by atoms with van der Waals surface area (Å²) >= 11 is 16.8. The van der Waals surface area contributed by atoms with E-state index < -0.39 is 13.4 Å². The Bertz CT molecular complexity index is 238. The Morgan fingerprint density at radius 2 is 1.94 bits per heavy atom. The second kappa shape index (κ2) is 9.09. The van der Waals surface area contributed by atoms with Crippen LogP contribution in [0.3, 0.4) is 0 Å². The Balaban J connectivity index is 4.85. The van der Waals surface area contributed by atoms with E-state index in [1.54, 1.807) is 0 Å². The fraction of sp³-hybridized carbons (Fsp3) is 0.750. The predicted molar refractivity (Wildman–Crippen MR) is 84.2 cm³/mol. The monoisotopic (exact) mass is 320 g/mol. The topological polar surface area (TPSA) is 27.7 Å². The van der Waals surface area contributed by atoms with Gasteiger partial charge >= 0.3 is 120 Å². The van der Waals surface area contributed by atoms with Gasteiger partial charge in [-0.25, -0.2) is 0 Å². The number of hydrogen-bond donors (Lipinski definition) is 4. The van der Waals surface area contributed by atoms with Crippen LogP contribution in [0.15, 0.2) is 0 Å². The van der Waals surface area contributed by atoms with Crippen molar-refractivity contribution in [2.45, 2.75) is 17.4 Å². The molecule has 0 fully saturated rings. The number of hydrogen-bond acceptors (Lipinski definition) is 7. The van der Waals surface area contributed by atoms with Crippen molar-refractivity contribution in [1.82, 2.24) is 0 Å². The molecule has 2 unspecified atom stereocenters. The maximum atomic E-state index is 5.64. The average molecular weight is 320 g/mol. The van der Waals surface area contributed by atoms with Crippen molar-refractivity contribution < 1.29 is 13.6 Å². The van der Waals surface area contributed by atoms with E-state index in [9.17, 15) is 0 Å². The van der Waals surface area contributed by atoms with Crippen LogP contribution in [0.5, 0.6) is 0 Å². The number of thiol groups is 4. The molecule has 0 aliphatic heterocycles. The van der Waals surface area contributed by atoms with E-state index in [0.29, 0.717) is 18.1 Å². The number of terminal acetylenes is 1. The van der Waals surface area contributed by atoms with Gasteiger partial charge in [0.25, 0.3) is 0 Å². The summed E-state index contributed by atoms with van der Waals surface area (Å²) < 4.78 is 16.4. The molecule has 0 aliphatic carbocycles. The van der Waals surface area contributed by atoms with E-state index >= 15 is 0 Å². The Hall–Kier alpha value is 1.11. The molecule has 0 aromatic carbocycles. The van der Waals surface area contributed by atoms with Gasteiger partial charge in [-0.15, -0.1) is 0 Å². The number of rotatable bonds is 8. The molecule has 3 nitrogen and oxygen atoms in total. The molecule has 0 N–H and O–H groups in total. The van der Waals surface area contributed by atoms with Crippen molar-refractivity contribution >= 4 is 58.5 Å². The first kappa shape index (κ1) is 17.1. The quantitative estimate of drug-likeness (QED) is 0.240. The minimum atomic E-state index is -3.06. The third-order valence-corrected chi connectivity index (χ3v) is 7.55. The summed E-state index contributed by atoms with van der Waals surface area (Å²) in [5, 5.41) is 0. The van der Waals surface area contributed by atoms with Crippen LogP contribution in [0, 0.1) is 12.5 Å². The van der Waals surface area contributed by atoms with Crippen molar-refractivity contribution in [1.29, 1.82) is 0 Å². The molecule has 2 atom stereocenters. The van der Waals surface area contributed by atoms with E-state index in [2.05, 4.69) is 56.6 Å². The molecule has 16 heavy (non-hydrogen) atoms. The molecule has 8 heteroatoms. The first-order valence-corrected chi connectivity index (χ1v) is 8.69. The molecule has 0 radical (unpaired) electrons. The maximum absolute atomic E-state index is 5.64. The van der Waals surface area contributed by atoms with Gasteiger partial charge in [0.2, 0.25) is 0 Å². The molecule has 0 bridgehead atoms. The third-order valence-electron chi connectivity index (χ3n) is 1.58. The molecule has 0 saturated heterocycles. The summed E-state index contributed by atoms with van der Waals surface area (Å²) in [6.07, 6.45) is 7.26. The normalized spacial score (nSPS) is 16.2. The van der Waals surface area contributed by atoms with Crippen LogP contribution in [0.4, 0.5) is 0 Å². The van der Waals surface area contributed by atoms with Crippen molar-refractivity contribution in [2.24, 2.45) is 0 Å². The van der Waals surface area contributed by atoms with Gasteiger partial charge in [0.05, 0.1) is 0 Å². The van der Waals surface area contributed by atoms with E-state index in [0.717, 1.165) is 0 Å². The molecule has 0 saturated carbocycles. The first-order chi connectivity index (χ1) is 7.56. The van der Waals surface area contributed by atoms with Gasteiger partial charge in [-0.2, -0.15) is 0 Å². The molecule has 96 valence electrons. The zero-order valence-corrected chi connectivity index (χ0v) is 13.4. The minimum absolute atomic E-state index is 0.304. The Labute approximate surface area is 120 Å². The van der Waals surface area contributed by atoms with Crippen LogP contribution >= 0.6 is 58.5 Å². The van der Waals surface area contributed by atoms with E-state index in [-0.39, 0.29) is 4.99 Å². The average Bonchev–Trinajstić information content (AvgIpc) is 2.28. The Morgan fingerprint density at radius 1 is 1.31 bits per heavy atom. The SMILES string of the molecule is C#CO[PH](OCC)(OC(S)CS)C(S)CS. The van der Waals surface area contributed by atoms with E-state index in [1.807, 2.05) is 6.92 Å². The molecule has 0 aromatic heterocycles. The van der Waals surface area contributed by atoms with E-state index in [4.69, 9.17) is 20.0 Å². The zero-order chi connectivity index (χ0) is 12.6. The molecule has 0 spiro atoms. The standard InChI is InChI=1S/C8H17O3PS4/c1-3-9-12(10-4-2,8(16)6-14)11-7(15)5-13/h1,7-8,12-16H,4-6H2,2H3. The predicted octanol–water partition coefficient (Wildman–Crippen LogP) is 2.51. The van der Waals surface area contributed by atoms with Gasteiger partial charge in [-0.3, -0.25) is 0 Å². The van der Waals surface area contributed by atoms with E-state index in [1.165, 1.54) is 0 Å². The molecule has 0 amide bonds. The van der Waals surface area contributed by atoms with Crippen LogP contribution in [-0.4, -0.2) is 28.5 Å². The van der Waals surface area contributed by atoms with Crippen LogP contribution in [0.25, 0.3) is 0 Å². The Morgan fingerprint density at radius 3 is 2.31 bits per heavy atom. The van der Waals surface area contributed by atoms with Gasteiger partial charge in [-0.1, -0.05) is 0 Å². The van der Waals surface area contributed by atoms with Gasteiger partial charge in [-0.05, 0) is 0 Å². The van der Waals surface area contributed by atoms with Crippen molar-refractivity contribution in [2.75, 3.05) is 18.1 Å². The molecule has 0 heterocycles. The second-order valence-electron chi connectivity index (χ2n) is 2.71. The fourth-order valence-electron chi connectivity index (χ4n) is 0.952. The Kier molecular flexibility index (Phi) is 9.73. The summed E-state index contributed by atoms with van der Waals surface area (Å²) in [6, 6.07) is 0. The molecular weight excluding hydrogens is 303 g/mol. The van der Waals surface area contributed by atoms with Crippen LogP contribution in [0.2, 0.25) is 0 Å². The van der Waals surface area contributed by atoms with Gasteiger partial charge in [0.15, 0.2) is 0 Å². The van der Waals surface area contributed by atoms with Crippen LogP contribution < -0.4 is 0 Å². The third kappa shape index (κ3) is 5.18. The summed E-state index contributed by atoms with van der Waals surface area (Å²) in [5.74, 6) is 0.857. The van der Waals surface area contributed by atoms with Crippen molar-refractivity contribution in [3.8, 4) is 12.5 Å². The van der Waals surface area contributed by atoms with Gasteiger partial charge < -0.3 is 0 Å². The zero-order valence-electron chi connectivity index (χ0n) is 8.87. The van der Waals surface area contributed by atoms with Crippen molar-refractivity contribution in [3.05, 3.63) is 0 Å². The summed E-state index contributed by atoms with van der Waals surface area (Å²) in [5.41, 5.74) is -0.413. The van der Waals surface area contributed by atoms with Crippen molar-refractivity contribution in [3.63, 3.8) is 0 Å².